The predicted molar refractivity (Wildman–Crippen MR) is 97.8 cm³/mol. The minimum absolute atomic E-state index is 0.169. The maximum Gasteiger partial charge on any atom is 0.255 e. The minimum atomic E-state index is -0.249. The van der Waals surface area contributed by atoms with Crippen LogP contribution in [0.2, 0.25) is 0 Å². The van der Waals surface area contributed by atoms with Gasteiger partial charge in [-0.2, -0.15) is 0 Å². The molecule has 0 fully saturated rings. The molecule has 2 aromatic carbocycles. The second kappa shape index (κ2) is 6.14. The second-order valence-corrected chi connectivity index (χ2v) is 5.96. The first-order valence-electron chi connectivity index (χ1n) is 8.28. The topological polar surface area (TPSA) is 86.5 Å². The highest BCUT2D eigenvalue weighted by atomic mass is 16.7. The largest absolute Gasteiger partial charge is 0.454 e. The number of carbonyl (C=O) groups excluding carboxylic acids is 1. The van der Waals surface area contributed by atoms with Gasteiger partial charge in [0.2, 0.25) is 12.7 Å². The van der Waals surface area contributed by atoms with E-state index in [4.69, 9.17) is 13.9 Å². The summed E-state index contributed by atoms with van der Waals surface area (Å²) >= 11 is 0. The molecule has 1 N–H and O–H groups in total. The van der Waals surface area contributed by atoms with Crippen molar-refractivity contribution in [3.8, 4) is 23.0 Å². The van der Waals surface area contributed by atoms with Crippen LogP contribution in [0.3, 0.4) is 0 Å². The molecule has 7 nitrogen and oxygen atoms in total. The molecule has 0 bridgehead atoms. The third kappa shape index (κ3) is 2.85. The Kier molecular flexibility index (Phi) is 3.50. The lowest BCUT2D eigenvalue weighted by Gasteiger charge is -2.05. The Morgan fingerprint density at radius 3 is 2.70 bits per heavy atom. The summed E-state index contributed by atoms with van der Waals surface area (Å²) in [4.78, 5) is 21.0. The first-order valence-corrected chi connectivity index (χ1v) is 8.28. The molecule has 27 heavy (non-hydrogen) atoms. The highest BCUT2D eigenvalue weighted by molar-refractivity contribution is 6.05. The van der Waals surface area contributed by atoms with E-state index in [0.717, 1.165) is 5.56 Å². The molecular weight excluding hydrogens is 346 g/mol. The van der Waals surface area contributed by atoms with E-state index >= 15 is 0 Å². The molecule has 0 atom stereocenters. The summed E-state index contributed by atoms with van der Waals surface area (Å²) in [5.41, 5.74) is 3.23. The van der Waals surface area contributed by atoms with Gasteiger partial charge in [0.25, 0.3) is 5.91 Å². The van der Waals surface area contributed by atoms with Crippen LogP contribution in [-0.4, -0.2) is 22.7 Å². The van der Waals surface area contributed by atoms with E-state index in [-0.39, 0.29) is 12.7 Å². The van der Waals surface area contributed by atoms with Crippen LogP contribution in [0, 0.1) is 0 Å². The Balaban J connectivity index is 1.41. The standard InChI is InChI=1S/C20H13N3O4/c24-19(13-1-4-16-18(9-13)26-11-25-16)22-14-2-3-15-17(10-14)27-20(23-15)12-5-7-21-8-6-12/h1-10H,11H2,(H,22,24). The second-order valence-electron chi connectivity index (χ2n) is 5.96. The van der Waals surface area contributed by atoms with Crippen molar-refractivity contribution in [2.24, 2.45) is 0 Å². The van der Waals surface area contributed by atoms with E-state index in [0.29, 0.717) is 39.7 Å². The molecule has 2 aromatic heterocycles. The number of ether oxygens (including phenoxy) is 2. The van der Waals surface area contributed by atoms with Gasteiger partial charge in [-0.15, -0.1) is 0 Å². The van der Waals surface area contributed by atoms with Crippen LogP contribution in [-0.2, 0) is 0 Å². The number of pyridine rings is 1. The van der Waals surface area contributed by atoms with Gasteiger partial charge in [-0.25, -0.2) is 4.98 Å². The summed E-state index contributed by atoms with van der Waals surface area (Å²) in [5, 5.41) is 2.86. The molecule has 5 rings (SSSR count). The monoisotopic (exact) mass is 359 g/mol. The summed E-state index contributed by atoms with van der Waals surface area (Å²) in [6.07, 6.45) is 3.36. The van der Waals surface area contributed by atoms with E-state index in [1.807, 2.05) is 12.1 Å². The third-order valence-corrected chi connectivity index (χ3v) is 4.21. The summed E-state index contributed by atoms with van der Waals surface area (Å²) in [5.74, 6) is 1.46. The minimum Gasteiger partial charge on any atom is -0.454 e. The molecule has 3 heterocycles. The van der Waals surface area contributed by atoms with Gasteiger partial charge < -0.3 is 19.2 Å². The zero-order chi connectivity index (χ0) is 18.2. The average Bonchev–Trinajstić information content (AvgIpc) is 3.34. The van der Waals surface area contributed by atoms with E-state index in [9.17, 15) is 4.79 Å². The first kappa shape index (κ1) is 15.4. The lowest BCUT2D eigenvalue weighted by molar-refractivity contribution is 0.102. The number of nitrogens with one attached hydrogen (secondary N) is 1. The molecule has 1 amide bonds. The molecule has 0 saturated heterocycles. The maximum atomic E-state index is 12.5. The molecule has 4 aromatic rings. The number of aromatic nitrogens is 2. The number of benzene rings is 2. The SMILES string of the molecule is O=C(Nc1ccc2nc(-c3ccncc3)oc2c1)c1ccc2c(c1)OCO2. The summed E-state index contributed by atoms with van der Waals surface area (Å²) in [7, 11) is 0. The van der Waals surface area contributed by atoms with Crippen molar-refractivity contribution in [1.29, 1.82) is 0 Å². The van der Waals surface area contributed by atoms with Crippen LogP contribution in [0.1, 0.15) is 10.4 Å². The average molecular weight is 359 g/mol. The molecule has 0 saturated carbocycles. The van der Waals surface area contributed by atoms with Crippen LogP contribution in [0.4, 0.5) is 5.69 Å². The Labute approximate surface area is 153 Å². The first-order chi connectivity index (χ1) is 13.3. The molecule has 0 radical (unpaired) electrons. The molecule has 0 aliphatic carbocycles. The van der Waals surface area contributed by atoms with Crippen molar-refractivity contribution in [3.63, 3.8) is 0 Å². The number of carbonyl (C=O) groups is 1. The highest BCUT2D eigenvalue weighted by Crippen LogP contribution is 2.33. The van der Waals surface area contributed by atoms with Gasteiger partial charge in [0.05, 0.1) is 0 Å². The number of hydrogen-bond donors (Lipinski definition) is 1. The van der Waals surface area contributed by atoms with Gasteiger partial charge in [-0.05, 0) is 42.5 Å². The summed E-state index contributed by atoms with van der Waals surface area (Å²) in [6.45, 7) is 0.169. The number of hydrogen-bond acceptors (Lipinski definition) is 6. The van der Waals surface area contributed by atoms with E-state index in [2.05, 4.69) is 15.3 Å². The molecule has 132 valence electrons. The van der Waals surface area contributed by atoms with Crippen molar-refractivity contribution < 1.29 is 18.7 Å². The molecule has 0 unspecified atom stereocenters. The Morgan fingerprint density at radius 2 is 1.81 bits per heavy atom. The lowest BCUT2D eigenvalue weighted by Crippen LogP contribution is -2.11. The van der Waals surface area contributed by atoms with Crippen molar-refractivity contribution in [1.82, 2.24) is 9.97 Å². The van der Waals surface area contributed by atoms with E-state index in [1.165, 1.54) is 0 Å². The number of oxazole rings is 1. The Morgan fingerprint density at radius 1 is 0.963 bits per heavy atom. The molecule has 7 heteroatoms. The van der Waals surface area contributed by atoms with E-state index < -0.39 is 0 Å². The van der Waals surface area contributed by atoms with Crippen LogP contribution < -0.4 is 14.8 Å². The fourth-order valence-electron chi connectivity index (χ4n) is 2.86. The third-order valence-electron chi connectivity index (χ3n) is 4.21. The quantitative estimate of drug-likeness (QED) is 0.597. The van der Waals surface area contributed by atoms with Crippen molar-refractivity contribution in [3.05, 3.63) is 66.5 Å². The Bertz CT molecular complexity index is 1150. The zero-order valence-corrected chi connectivity index (χ0v) is 14.0. The predicted octanol–water partition coefficient (Wildman–Crippen LogP) is 3.87. The van der Waals surface area contributed by atoms with Gasteiger partial charge in [0, 0.05) is 35.3 Å². The number of fused-ring (bicyclic) bond motifs is 2. The number of anilines is 1. The molecular formula is C20H13N3O4. The van der Waals surface area contributed by atoms with Crippen LogP contribution in [0.5, 0.6) is 11.5 Å². The van der Waals surface area contributed by atoms with Crippen molar-refractivity contribution in [2.75, 3.05) is 12.1 Å². The summed E-state index contributed by atoms with van der Waals surface area (Å²) in [6, 6.07) is 14.1. The highest BCUT2D eigenvalue weighted by Gasteiger charge is 2.17. The van der Waals surface area contributed by atoms with Crippen molar-refractivity contribution >= 4 is 22.7 Å². The van der Waals surface area contributed by atoms with Crippen LogP contribution in [0.15, 0.2) is 65.3 Å². The van der Waals surface area contributed by atoms with Crippen LogP contribution in [0.25, 0.3) is 22.6 Å². The lowest BCUT2D eigenvalue weighted by atomic mass is 10.2. The number of nitrogens with zero attached hydrogens (tertiary/aromatic N) is 2. The normalized spacial score (nSPS) is 12.3. The summed E-state index contributed by atoms with van der Waals surface area (Å²) < 4.78 is 16.4. The number of amides is 1. The van der Waals surface area contributed by atoms with Gasteiger partial charge in [0.15, 0.2) is 17.1 Å². The van der Waals surface area contributed by atoms with Crippen molar-refractivity contribution in [2.45, 2.75) is 0 Å². The maximum absolute atomic E-state index is 12.5. The van der Waals surface area contributed by atoms with Gasteiger partial charge in [-0.3, -0.25) is 9.78 Å². The fourth-order valence-corrected chi connectivity index (χ4v) is 2.86. The van der Waals surface area contributed by atoms with Gasteiger partial charge in [0.1, 0.15) is 5.52 Å². The van der Waals surface area contributed by atoms with E-state index in [1.54, 1.807) is 48.8 Å². The Hall–Kier alpha value is -3.87. The smallest absolute Gasteiger partial charge is 0.255 e. The van der Waals surface area contributed by atoms with Gasteiger partial charge >= 0.3 is 0 Å². The number of rotatable bonds is 3. The van der Waals surface area contributed by atoms with Gasteiger partial charge in [-0.1, -0.05) is 0 Å². The van der Waals surface area contributed by atoms with Crippen LogP contribution >= 0.6 is 0 Å². The molecule has 1 aliphatic rings. The molecule has 1 aliphatic heterocycles. The fraction of sp³-hybridized carbons (Fsp3) is 0.0500. The molecule has 0 spiro atoms. The zero-order valence-electron chi connectivity index (χ0n) is 14.0.